The molecule has 6 nitrogen and oxygen atoms in total. The van der Waals surface area contributed by atoms with Crippen molar-refractivity contribution in [1.82, 2.24) is 4.31 Å². The molecule has 0 amide bonds. The minimum Gasteiger partial charge on any atom is -0.465 e. The number of ether oxygens (including phenoxy) is 1. The zero-order valence-corrected chi connectivity index (χ0v) is 13.1. The lowest BCUT2D eigenvalue weighted by atomic mass is 10.2. The molecule has 0 aromatic heterocycles. The summed E-state index contributed by atoms with van der Waals surface area (Å²) in [6.45, 7) is 4.77. The average molecular weight is 310 g/mol. The summed E-state index contributed by atoms with van der Waals surface area (Å²) in [7, 11) is -3.95. The number of carbonyl (C=O) groups excluding carboxylic acids is 1. The quantitative estimate of drug-likeness (QED) is 0.743. The molecule has 0 aliphatic carbocycles. The van der Waals surface area contributed by atoms with Gasteiger partial charge in [0.05, 0.1) is 17.1 Å². The van der Waals surface area contributed by atoms with Crippen molar-refractivity contribution in [2.24, 2.45) is 0 Å². The number of benzene rings is 1. The van der Waals surface area contributed by atoms with Crippen molar-refractivity contribution in [3.05, 3.63) is 29.8 Å². The first-order valence-corrected chi connectivity index (χ1v) is 7.95. The fourth-order valence-corrected chi connectivity index (χ4v) is 3.51. The second kappa shape index (κ2) is 7.20. The van der Waals surface area contributed by atoms with E-state index >= 15 is 0 Å². The Morgan fingerprint density at radius 3 is 2.52 bits per heavy atom. The third-order valence-corrected chi connectivity index (χ3v) is 4.84. The zero-order chi connectivity index (χ0) is 16.0. The largest absolute Gasteiger partial charge is 0.465 e. The van der Waals surface area contributed by atoms with Crippen LogP contribution in [0.4, 0.5) is 0 Å². The maximum absolute atomic E-state index is 12.7. The van der Waals surface area contributed by atoms with Gasteiger partial charge in [-0.3, -0.25) is 4.79 Å². The molecular weight excluding hydrogens is 292 g/mol. The van der Waals surface area contributed by atoms with E-state index in [1.807, 2.05) is 6.07 Å². The predicted octanol–water partition coefficient (Wildman–Crippen LogP) is 1.52. The summed E-state index contributed by atoms with van der Waals surface area (Å²) < 4.78 is 31.1. The average Bonchev–Trinajstić information content (AvgIpc) is 2.44. The van der Waals surface area contributed by atoms with Gasteiger partial charge in [-0.25, -0.2) is 8.42 Å². The highest BCUT2D eigenvalue weighted by atomic mass is 32.2. The van der Waals surface area contributed by atoms with Gasteiger partial charge in [-0.05, 0) is 32.9 Å². The summed E-state index contributed by atoms with van der Waals surface area (Å²) in [6.07, 6.45) is 0. The van der Waals surface area contributed by atoms with E-state index in [-0.39, 0.29) is 23.6 Å². The number of nitrogens with zero attached hydrogens (tertiary/aromatic N) is 2. The molecule has 0 fully saturated rings. The van der Waals surface area contributed by atoms with E-state index in [4.69, 9.17) is 10.00 Å². The maximum atomic E-state index is 12.7. The maximum Gasteiger partial charge on any atom is 0.321 e. The van der Waals surface area contributed by atoms with Crippen LogP contribution in [0, 0.1) is 11.3 Å². The van der Waals surface area contributed by atoms with Gasteiger partial charge in [0.15, 0.2) is 0 Å². The fraction of sp³-hybridized carbons (Fsp3) is 0.429. The topological polar surface area (TPSA) is 87.5 Å². The molecule has 0 saturated carbocycles. The number of nitriles is 1. The summed E-state index contributed by atoms with van der Waals surface area (Å²) in [5.41, 5.74) is 0.0482. The van der Waals surface area contributed by atoms with Crippen LogP contribution in [0.3, 0.4) is 0 Å². The molecular formula is C14H18N2O4S. The molecule has 1 rings (SSSR count). The van der Waals surface area contributed by atoms with Gasteiger partial charge in [-0.1, -0.05) is 12.1 Å². The van der Waals surface area contributed by atoms with Crippen molar-refractivity contribution >= 4 is 16.0 Å². The van der Waals surface area contributed by atoms with Crippen molar-refractivity contribution in [3.63, 3.8) is 0 Å². The standard InChI is InChI=1S/C14H18N2O4S/c1-4-20-14(17)10-16(11(2)3)21(18,19)13-8-6-5-7-12(13)9-15/h5-8,11H,4,10H2,1-3H3. The highest BCUT2D eigenvalue weighted by molar-refractivity contribution is 7.89. The first kappa shape index (κ1) is 17.1. The summed E-state index contributed by atoms with van der Waals surface area (Å²) in [5, 5.41) is 9.04. The molecule has 0 unspecified atom stereocenters. The highest BCUT2D eigenvalue weighted by Gasteiger charge is 2.31. The van der Waals surface area contributed by atoms with Crippen molar-refractivity contribution in [1.29, 1.82) is 5.26 Å². The van der Waals surface area contributed by atoms with E-state index in [2.05, 4.69) is 0 Å². The van der Waals surface area contributed by atoms with Gasteiger partial charge in [-0.15, -0.1) is 0 Å². The van der Waals surface area contributed by atoms with Crippen LogP contribution < -0.4 is 0 Å². The predicted molar refractivity (Wildman–Crippen MR) is 76.8 cm³/mol. The molecule has 0 spiro atoms. The van der Waals surface area contributed by atoms with E-state index in [1.54, 1.807) is 26.8 Å². The van der Waals surface area contributed by atoms with Crippen LogP contribution in [0.1, 0.15) is 26.3 Å². The van der Waals surface area contributed by atoms with Crippen molar-refractivity contribution in [3.8, 4) is 6.07 Å². The van der Waals surface area contributed by atoms with E-state index < -0.39 is 22.0 Å². The van der Waals surface area contributed by atoms with Gasteiger partial charge in [0.2, 0.25) is 10.0 Å². The van der Waals surface area contributed by atoms with Crippen LogP contribution in [0.25, 0.3) is 0 Å². The number of rotatable bonds is 6. The number of hydrogen-bond acceptors (Lipinski definition) is 5. The van der Waals surface area contributed by atoms with Gasteiger partial charge in [0.25, 0.3) is 0 Å². The minimum atomic E-state index is -3.95. The van der Waals surface area contributed by atoms with E-state index in [0.717, 1.165) is 4.31 Å². The molecule has 0 N–H and O–H groups in total. The lowest BCUT2D eigenvalue weighted by Crippen LogP contribution is -2.41. The molecule has 0 heterocycles. The first-order chi connectivity index (χ1) is 9.84. The molecule has 0 aliphatic heterocycles. The van der Waals surface area contributed by atoms with Gasteiger partial charge < -0.3 is 4.74 Å². The number of sulfonamides is 1. The van der Waals surface area contributed by atoms with E-state index in [1.165, 1.54) is 18.2 Å². The van der Waals surface area contributed by atoms with Gasteiger partial charge in [-0.2, -0.15) is 9.57 Å². The van der Waals surface area contributed by atoms with Crippen molar-refractivity contribution in [2.75, 3.05) is 13.2 Å². The summed E-state index contributed by atoms with van der Waals surface area (Å²) >= 11 is 0. The molecule has 1 aromatic carbocycles. The highest BCUT2D eigenvalue weighted by Crippen LogP contribution is 2.21. The number of esters is 1. The van der Waals surface area contributed by atoms with Crippen molar-refractivity contribution in [2.45, 2.75) is 31.7 Å². The summed E-state index contributed by atoms with van der Waals surface area (Å²) in [4.78, 5) is 11.5. The van der Waals surface area contributed by atoms with Crippen LogP contribution in [0.15, 0.2) is 29.2 Å². The Bertz CT molecular complexity index is 647. The number of carbonyl (C=O) groups is 1. The molecule has 114 valence electrons. The second-order valence-corrected chi connectivity index (χ2v) is 6.42. The molecule has 1 aromatic rings. The summed E-state index contributed by atoms with van der Waals surface area (Å²) in [5.74, 6) is -0.621. The van der Waals surface area contributed by atoms with Crippen LogP contribution in [0.2, 0.25) is 0 Å². The van der Waals surface area contributed by atoms with E-state index in [9.17, 15) is 13.2 Å². The third kappa shape index (κ3) is 4.03. The van der Waals surface area contributed by atoms with Gasteiger partial charge >= 0.3 is 5.97 Å². The fourth-order valence-electron chi connectivity index (χ4n) is 1.79. The Morgan fingerprint density at radius 2 is 2.00 bits per heavy atom. The Balaban J connectivity index is 3.23. The Morgan fingerprint density at radius 1 is 1.38 bits per heavy atom. The normalized spacial score (nSPS) is 11.4. The Hall–Kier alpha value is -1.91. The monoisotopic (exact) mass is 310 g/mol. The molecule has 0 saturated heterocycles. The third-order valence-electron chi connectivity index (χ3n) is 2.76. The Labute approximate surface area is 125 Å². The van der Waals surface area contributed by atoms with Crippen LogP contribution >= 0.6 is 0 Å². The van der Waals surface area contributed by atoms with Crippen LogP contribution in [-0.2, 0) is 19.6 Å². The number of hydrogen-bond donors (Lipinski definition) is 0. The van der Waals surface area contributed by atoms with Crippen LogP contribution in [0.5, 0.6) is 0 Å². The zero-order valence-electron chi connectivity index (χ0n) is 12.2. The summed E-state index contributed by atoms with van der Waals surface area (Å²) in [6, 6.07) is 7.32. The van der Waals surface area contributed by atoms with Gasteiger partial charge in [0, 0.05) is 6.04 Å². The van der Waals surface area contributed by atoms with E-state index in [0.29, 0.717) is 0 Å². The molecule has 0 bridgehead atoms. The molecule has 7 heteroatoms. The molecule has 21 heavy (non-hydrogen) atoms. The molecule has 0 atom stereocenters. The van der Waals surface area contributed by atoms with Crippen molar-refractivity contribution < 1.29 is 17.9 Å². The van der Waals surface area contributed by atoms with Gasteiger partial charge in [0.1, 0.15) is 12.6 Å². The second-order valence-electron chi connectivity index (χ2n) is 4.56. The lowest BCUT2D eigenvalue weighted by Gasteiger charge is -2.25. The van der Waals surface area contributed by atoms with Crippen LogP contribution in [-0.4, -0.2) is 37.9 Å². The smallest absolute Gasteiger partial charge is 0.321 e. The SMILES string of the molecule is CCOC(=O)CN(C(C)C)S(=O)(=O)c1ccccc1C#N. The Kier molecular flexibility index (Phi) is 5.88. The first-order valence-electron chi connectivity index (χ1n) is 6.51. The lowest BCUT2D eigenvalue weighted by molar-refractivity contribution is -0.143. The molecule has 0 radical (unpaired) electrons. The molecule has 0 aliphatic rings. The minimum absolute atomic E-state index is 0.0482.